The van der Waals surface area contributed by atoms with Crippen molar-refractivity contribution in [3.63, 3.8) is 0 Å². The Hall–Kier alpha value is -0.620. The molecule has 2 N–H and O–H groups in total. The second-order valence-corrected chi connectivity index (χ2v) is 6.11. The Bertz CT molecular complexity index is 447. The molecule has 16 heavy (non-hydrogen) atoms. The highest BCUT2D eigenvalue weighted by Gasteiger charge is 2.18. The molecule has 0 aromatic heterocycles. The van der Waals surface area contributed by atoms with Crippen molar-refractivity contribution in [2.45, 2.75) is 18.7 Å². The van der Waals surface area contributed by atoms with Crippen LogP contribution in [0.25, 0.3) is 0 Å². The first-order valence-corrected chi connectivity index (χ1v) is 6.72. The van der Waals surface area contributed by atoms with Crippen LogP contribution in [0.2, 0.25) is 5.02 Å². The number of hydrogen-bond acceptors (Lipinski definition) is 3. The van der Waals surface area contributed by atoms with Crippen molar-refractivity contribution in [2.24, 2.45) is 0 Å². The number of benzene rings is 1. The third kappa shape index (κ3) is 3.75. The summed E-state index contributed by atoms with van der Waals surface area (Å²) in [5.74, 6) is 0. The molecule has 0 aliphatic carbocycles. The van der Waals surface area contributed by atoms with Crippen molar-refractivity contribution in [3.8, 4) is 0 Å². The van der Waals surface area contributed by atoms with Crippen LogP contribution in [-0.2, 0) is 16.6 Å². The topological polar surface area (TPSA) is 66.4 Å². The summed E-state index contributed by atoms with van der Waals surface area (Å²) in [5.41, 5.74) is 0.779. The van der Waals surface area contributed by atoms with Gasteiger partial charge in [-0.1, -0.05) is 23.7 Å². The summed E-state index contributed by atoms with van der Waals surface area (Å²) < 4.78 is 25.4. The average molecular weight is 264 g/mol. The normalized spacial score (nSPS) is 13.7. The summed E-state index contributed by atoms with van der Waals surface area (Å²) in [5, 5.41) is 8.52. The van der Waals surface area contributed by atoms with Crippen LogP contribution in [0.15, 0.2) is 24.3 Å². The van der Waals surface area contributed by atoms with Crippen molar-refractivity contribution in [3.05, 3.63) is 34.9 Å². The molecule has 90 valence electrons. The quantitative estimate of drug-likeness (QED) is 0.837. The Morgan fingerprint density at radius 1 is 1.50 bits per heavy atom. The summed E-state index contributed by atoms with van der Waals surface area (Å²) in [6, 6.07) is 6.93. The Kier molecular flexibility index (Phi) is 4.73. The smallest absolute Gasteiger partial charge is 0.216 e. The first-order chi connectivity index (χ1) is 7.45. The standard InChI is InChI=1S/C10H14ClNO3S/c1-8(7-13)16(14,15)12-6-9-3-2-4-10(11)5-9/h2-5,8,12-13H,6-7H2,1H3. The zero-order valence-corrected chi connectivity index (χ0v) is 10.4. The number of aliphatic hydroxyl groups excluding tert-OH is 1. The van der Waals surface area contributed by atoms with Gasteiger partial charge in [-0.3, -0.25) is 0 Å². The molecule has 0 aliphatic heterocycles. The minimum Gasteiger partial charge on any atom is -0.395 e. The second kappa shape index (κ2) is 5.63. The monoisotopic (exact) mass is 263 g/mol. The Labute approximate surface area is 100 Å². The Balaban J connectivity index is 2.65. The van der Waals surface area contributed by atoms with Gasteiger partial charge in [0.15, 0.2) is 0 Å². The Morgan fingerprint density at radius 2 is 2.19 bits per heavy atom. The lowest BCUT2D eigenvalue weighted by Crippen LogP contribution is -2.34. The molecule has 0 radical (unpaired) electrons. The molecule has 0 amide bonds. The average Bonchev–Trinajstić information content (AvgIpc) is 2.25. The summed E-state index contributed by atoms with van der Waals surface area (Å²) in [7, 11) is -3.46. The summed E-state index contributed by atoms with van der Waals surface area (Å²) in [4.78, 5) is 0. The third-order valence-corrected chi connectivity index (χ3v) is 4.14. The largest absolute Gasteiger partial charge is 0.395 e. The lowest BCUT2D eigenvalue weighted by atomic mass is 10.2. The van der Waals surface area contributed by atoms with E-state index in [0.717, 1.165) is 5.56 Å². The van der Waals surface area contributed by atoms with Crippen LogP contribution in [0.3, 0.4) is 0 Å². The van der Waals surface area contributed by atoms with E-state index in [1.807, 2.05) is 0 Å². The maximum Gasteiger partial charge on any atom is 0.216 e. The molecule has 0 saturated heterocycles. The van der Waals surface area contributed by atoms with E-state index in [4.69, 9.17) is 16.7 Å². The van der Waals surface area contributed by atoms with E-state index >= 15 is 0 Å². The molecule has 0 spiro atoms. The molecule has 1 aromatic carbocycles. The van der Waals surface area contributed by atoms with Gasteiger partial charge >= 0.3 is 0 Å². The highest BCUT2D eigenvalue weighted by Crippen LogP contribution is 2.11. The molecule has 0 aliphatic rings. The second-order valence-electron chi connectivity index (χ2n) is 3.49. The Morgan fingerprint density at radius 3 is 2.75 bits per heavy atom. The van der Waals surface area contributed by atoms with E-state index in [1.165, 1.54) is 6.92 Å². The van der Waals surface area contributed by atoms with E-state index in [0.29, 0.717) is 5.02 Å². The minimum absolute atomic E-state index is 0.174. The highest BCUT2D eigenvalue weighted by atomic mass is 35.5. The number of halogens is 1. The number of nitrogens with one attached hydrogen (secondary N) is 1. The van der Waals surface area contributed by atoms with Gasteiger partial charge in [-0.05, 0) is 24.6 Å². The van der Waals surface area contributed by atoms with Crippen LogP contribution >= 0.6 is 11.6 Å². The third-order valence-electron chi connectivity index (χ3n) is 2.15. The van der Waals surface area contributed by atoms with Gasteiger partial charge < -0.3 is 5.11 Å². The van der Waals surface area contributed by atoms with Crippen LogP contribution in [0.5, 0.6) is 0 Å². The van der Waals surface area contributed by atoms with Crippen LogP contribution in [0.4, 0.5) is 0 Å². The number of hydrogen-bond donors (Lipinski definition) is 2. The van der Waals surface area contributed by atoms with Gasteiger partial charge in [0.05, 0.1) is 11.9 Å². The van der Waals surface area contributed by atoms with Gasteiger partial charge in [0.2, 0.25) is 10.0 Å². The fourth-order valence-electron chi connectivity index (χ4n) is 1.07. The summed E-state index contributed by atoms with van der Waals surface area (Å²) in [6.07, 6.45) is 0. The first-order valence-electron chi connectivity index (χ1n) is 4.79. The van der Waals surface area contributed by atoms with Crippen molar-refractivity contribution < 1.29 is 13.5 Å². The van der Waals surface area contributed by atoms with Gasteiger partial charge in [-0.15, -0.1) is 0 Å². The fraction of sp³-hybridized carbons (Fsp3) is 0.400. The van der Waals surface area contributed by atoms with Crippen LogP contribution < -0.4 is 4.72 Å². The van der Waals surface area contributed by atoms with Crippen molar-refractivity contribution in [1.29, 1.82) is 0 Å². The summed E-state index contributed by atoms with van der Waals surface area (Å²) >= 11 is 5.77. The predicted octanol–water partition coefficient (Wildman–Crippen LogP) is 1.14. The maximum atomic E-state index is 11.5. The van der Waals surface area contributed by atoms with Crippen molar-refractivity contribution >= 4 is 21.6 Å². The van der Waals surface area contributed by atoms with E-state index in [9.17, 15) is 8.42 Å². The first kappa shape index (κ1) is 13.4. The fourth-order valence-corrected chi connectivity index (χ4v) is 2.13. The van der Waals surface area contributed by atoms with Crippen molar-refractivity contribution in [2.75, 3.05) is 6.61 Å². The zero-order chi connectivity index (χ0) is 12.2. The highest BCUT2D eigenvalue weighted by molar-refractivity contribution is 7.90. The van der Waals surface area contributed by atoms with E-state index in [1.54, 1.807) is 24.3 Å². The lowest BCUT2D eigenvalue weighted by molar-refractivity contribution is 0.294. The molecule has 0 fully saturated rings. The molecular formula is C10H14ClNO3S. The van der Waals surface area contributed by atoms with Gasteiger partial charge in [0, 0.05) is 11.6 Å². The van der Waals surface area contributed by atoms with E-state index in [-0.39, 0.29) is 6.54 Å². The van der Waals surface area contributed by atoms with Gasteiger partial charge in [-0.2, -0.15) is 0 Å². The van der Waals surface area contributed by atoms with Crippen LogP contribution in [0, 0.1) is 0 Å². The molecule has 0 saturated carbocycles. The molecule has 0 heterocycles. The molecular weight excluding hydrogens is 250 g/mol. The molecule has 1 rings (SSSR count). The summed E-state index contributed by atoms with van der Waals surface area (Å²) in [6.45, 7) is 1.22. The van der Waals surface area contributed by atoms with E-state index < -0.39 is 21.9 Å². The van der Waals surface area contributed by atoms with Crippen LogP contribution in [0.1, 0.15) is 12.5 Å². The number of aliphatic hydroxyl groups is 1. The predicted molar refractivity (Wildman–Crippen MR) is 63.8 cm³/mol. The minimum atomic E-state index is -3.46. The van der Waals surface area contributed by atoms with Crippen molar-refractivity contribution in [1.82, 2.24) is 4.72 Å². The molecule has 1 aromatic rings. The van der Waals surface area contributed by atoms with Gasteiger partial charge in [0.25, 0.3) is 0 Å². The maximum absolute atomic E-state index is 11.5. The molecule has 6 heteroatoms. The molecule has 1 unspecified atom stereocenters. The zero-order valence-electron chi connectivity index (χ0n) is 8.85. The number of rotatable bonds is 5. The molecule has 1 atom stereocenters. The lowest BCUT2D eigenvalue weighted by Gasteiger charge is -2.11. The SMILES string of the molecule is CC(CO)S(=O)(=O)NCc1cccc(Cl)c1. The molecule has 0 bridgehead atoms. The van der Waals surface area contributed by atoms with E-state index in [2.05, 4.69) is 4.72 Å². The van der Waals surface area contributed by atoms with Gasteiger partial charge in [0.1, 0.15) is 0 Å². The number of sulfonamides is 1. The van der Waals surface area contributed by atoms with Gasteiger partial charge in [-0.25, -0.2) is 13.1 Å². The molecule has 4 nitrogen and oxygen atoms in total. The van der Waals surface area contributed by atoms with Crippen LogP contribution in [-0.4, -0.2) is 25.4 Å².